The van der Waals surface area contributed by atoms with E-state index in [1.54, 1.807) is 19.9 Å². The zero-order valence-corrected chi connectivity index (χ0v) is 19.9. The number of carbonyl (C=O) groups excluding carboxylic acids is 1. The smallest absolute Gasteiger partial charge is 0.307 e. The number of amides is 1. The lowest BCUT2D eigenvalue weighted by molar-refractivity contribution is -0.136. The molecule has 0 spiro atoms. The summed E-state index contributed by atoms with van der Waals surface area (Å²) in [6.07, 6.45) is 0.289. The molecule has 0 aliphatic carbocycles. The van der Waals surface area contributed by atoms with Crippen molar-refractivity contribution in [3.63, 3.8) is 0 Å². The number of carboxylic acid groups (broad SMARTS) is 1. The van der Waals surface area contributed by atoms with Gasteiger partial charge in [-0.1, -0.05) is 43.1 Å². The molecule has 182 valence electrons. The number of nitrogens with one attached hydrogen (secondary N) is 3. The first-order valence-electron chi connectivity index (χ1n) is 10.1. The Balaban J connectivity index is 2.21. The van der Waals surface area contributed by atoms with Crippen LogP contribution in [-0.2, 0) is 16.0 Å². The van der Waals surface area contributed by atoms with Gasteiger partial charge in [-0.3, -0.25) is 9.59 Å². The van der Waals surface area contributed by atoms with Gasteiger partial charge in [-0.15, -0.1) is 0 Å². The summed E-state index contributed by atoms with van der Waals surface area (Å²) >= 11 is 11.8. The van der Waals surface area contributed by atoms with Gasteiger partial charge in [0.25, 0.3) is 5.91 Å². The summed E-state index contributed by atoms with van der Waals surface area (Å²) in [6.45, 7) is 3.96. The van der Waals surface area contributed by atoms with Crippen molar-refractivity contribution in [2.24, 2.45) is 5.92 Å². The Morgan fingerprint density at radius 2 is 1.91 bits per heavy atom. The average molecular weight is 514 g/mol. The van der Waals surface area contributed by atoms with Crippen LogP contribution in [0.5, 0.6) is 5.75 Å². The first-order chi connectivity index (χ1) is 16.0. The van der Waals surface area contributed by atoms with Crippen LogP contribution in [0.15, 0.2) is 41.6 Å². The molecule has 0 saturated carbocycles. The van der Waals surface area contributed by atoms with Gasteiger partial charge in [0.2, 0.25) is 0 Å². The molecule has 34 heavy (non-hydrogen) atoms. The summed E-state index contributed by atoms with van der Waals surface area (Å²) in [7, 11) is 0. The molecular weight excluding hydrogens is 491 g/mol. The van der Waals surface area contributed by atoms with Crippen molar-refractivity contribution in [1.82, 2.24) is 5.32 Å². The van der Waals surface area contributed by atoms with Crippen LogP contribution in [0.25, 0.3) is 0 Å². The van der Waals surface area contributed by atoms with E-state index in [4.69, 9.17) is 38.5 Å². The first kappa shape index (κ1) is 27.1. The number of halogens is 4. The van der Waals surface area contributed by atoms with Crippen LogP contribution in [0.4, 0.5) is 14.5 Å². The van der Waals surface area contributed by atoms with E-state index < -0.39 is 35.0 Å². The Kier molecular flexibility index (Phi) is 9.83. The molecule has 0 aliphatic rings. The highest BCUT2D eigenvalue weighted by atomic mass is 35.5. The van der Waals surface area contributed by atoms with E-state index in [1.165, 1.54) is 18.2 Å². The fourth-order valence-corrected chi connectivity index (χ4v) is 3.44. The number of hydrogen-bond acceptors (Lipinski definition) is 5. The minimum Gasteiger partial charge on any atom is -0.492 e. The number of allylic oxidation sites excluding steroid dienone is 1. The van der Waals surface area contributed by atoms with E-state index in [2.05, 4.69) is 10.6 Å². The number of aliphatic carboxylic acids is 1. The van der Waals surface area contributed by atoms with Crippen LogP contribution in [-0.4, -0.2) is 36.3 Å². The third-order valence-electron chi connectivity index (χ3n) is 4.55. The Morgan fingerprint density at radius 1 is 1.21 bits per heavy atom. The molecule has 0 aliphatic heterocycles. The number of benzene rings is 2. The highest BCUT2D eigenvalue weighted by Gasteiger charge is 2.22. The van der Waals surface area contributed by atoms with Gasteiger partial charge in [0.15, 0.2) is 5.82 Å². The second-order valence-corrected chi connectivity index (χ2v) is 8.16. The Bertz CT molecular complexity index is 1120. The standard InChI is InChI=1S/C23H23Cl2F2N3O4/c1-12(2)22(29-6-7-34-15-5-3-4-14(26)10-15)16(11-28)23(33)30-17-8-13(9-18(31)32)19(24)20(25)21(17)27/h3-5,8,10-12,28-29H,6-7,9H2,1-2H3,(H,30,33)(H,31,32)/b22-16+,28-11?. The molecule has 7 nitrogen and oxygen atoms in total. The second kappa shape index (κ2) is 12.3. The van der Waals surface area contributed by atoms with E-state index in [0.29, 0.717) is 11.4 Å². The quantitative estimate of drug-likeness (QED) is 0.145. The molecule has 0 bridgehead atoms. The van der Waals surface area contributed by atoms with Crippen LogP contribution in [0.2, 0.25) is 10.0 Å². The van der Waals surface area contributed by atoms with E-state index >= 15 is 0 Å². The van der Waals surface area contributed by atoms with Crippen LogP contribution < -0.4 is 15.4 Å². The maximum atomic E-state index is 14.6. The Hall–Kier alpha value is -3.17. The lowest BCUT2D eigenvalue weighted by atomic mass is 10.0. The van der Waals surface area contributed by atoms with Crippen molar-refractivity contribution in [3.05, 3.63) is 68.8 Å². The lowest BCUT2D eigenvalue weighted by Crippen LogP contribution is -2.29. The summed E-state index contributed by atoms with van der Waals surface area (Å²) in [6, 6.07) is 6.73. The number of ether oxygens (including phenoxy) is 1. The van der Waals surface area contributed by atoms with Crippen LogP contribution in [0.1, 0.15) is 19.4 Å². The molecule has 0 fully saturated rings. The van der Waals surface area contributed by atoms with Crippen LogP contribution in [0, 0.1) is 23.0 Å². The molecule has 11 heteroatoms. The first-order valence-corrected chi connectivity index (χ1v) is 10.9. The monoisotopic (exact) mass is 513 g/mol. The molecule has 0 atom stereocenters. The minimum absolute atomic E-state index is 0.0213. The van der Waals surface area contributed by atoms with Crippen molar-refractivity contribution >= 4 is 47.0 Å². The number of rotatable bonds is 11. The molecule has 2 rings (SSSR count). The maximum absolute atomic E-state index is 14.6. The Morgan fingerprint density at radius 3 is 2.50 bits per heavy atom. The number of hydrogen-bond donors (Lipinski definition) is 4. The molecular formula is C23H23Cl2F2N3O4. The largest absolute Gasteiger partial charge is 0.492 e. The molecule has 0 unspecified atom stereocenters. The minimum atomic E-state index is -1.21. The van der Waals surface area contributed by atoms with Crippen molar-refractivity contribution in [3.8, 4) is 5.75 Å². The van der Waals surface area contributed by atoms with Gasteiger partial charge < -0.3 is 25.9 Å². The summed E-state index contributed by atoms with van der Waals surface area (Å²) in [5.74, 6) is -3.37. The second-order valence-electron chi connectivity index (χ2n) is 7.41. The zero-order chi connectivity index (χ0) is 25.4. The molecule has 0 saturated heterocycles. The van der Waals surface area contributed by atoms with Crippen molar-refractivity contribution < 1.29 is 28.2 Å². The van der Waals surface area contributed by atoms with Gasteiger partial charge in [0.1, 0.15) is 18.2 Å². The fraction of sp³-hybridized carbons (Fsp3) is 0.261. The van der Waals surface area contributed by atoms with Gasteiger partial charge in [-0.2, -0.15) is 0 Å². The molecule has 0 heterocycles. The van der Waals surface area contributed by atoms with E-state index in [-0.39, 0.29) is 40.9 Å². The SMILES string of the molecule is CC(C)/C(NCCOc1cccc(F)c1)=C(/C=N)C(=O)Nc1cc(CC(=O)O)c(Cl)c(Cl)c1F. The number of anilines is 1. The third-order valence-corrected chi connectivity index (χ3v) is 5.43. The third kappa shape index (κ3) is 7.16. The predicted octanol–water partition coefficient (Wildman–Crippen LogP) is 5.07. The summed E-state index contributed by atoms with van der Waals surface area (Å²) in [5, 5.41) is 21.3. The van der Waals surface area contributed by atoms with Gasteiger partial charge in [0.05, 0.1) is 27.7 Å². The molecule has 0 radical (unpaired) electrons. The summed E-state index contributed by atoms with van der Waals surface area (Å²) in [5.41, 5.74) is -0.0342. The van der Waals surface area contributed by atoms with Crippen molar-refractivity contribution in [2.45, 2.75) is 20.3 Å². The number of carboxylic acids is 1. The van der Waals surface area contributed by atoms with Crippen LogP contribution >= 0.6 is 23.2 Å². The summed E-state index contributed by atoms with van der Waals surface area (Å²) in [4.78, 5) is 23.9. The van der Waals surface area contributed by atoms with E-state index in [1.807, 2.05) is 0 Å². The molecule has 1 amide bonds. The van der Waals surface area contributed by atoms with Gasteiger partial charge >= 0.3 is 5.97 Å². The normalized spacial score (nSPS) is 11.6. The van der Waals surface area contributed by atoms with Crippen LogP contribution in [0.3, 0.4) is 0 Å². The number of carbonyl (C=O) groups is 2. The molecule has 4 N–H and O–H groups in total. The highest BCUT2D eigenvalue weighted by Crippen LogP contribution is 2.34. The maximum Gasteiger partial charge on any atom is 0.307 e. The zero-order valence-electron chi connectivity index (χ0n) is 18.3. The van der Waals surface area contributed by atoms with Gasteiger partial charge in [-0.25, -0.2) is 8.78 Å². The van der Waals surface area contributed by atoms with Gasteiger partial charge in [0, 0.05) is 24.5 Å². The topological polar surface area (TPSA) is 112 Å². The van der Waals surface area contributed by atoms with Gasteiger partial charge in [-0.05, 0) is 29.7 Å². The van der Waals surface area contributed by atoms with Crippen molar-refractivity contribution in [1.29, 1.82) is 5.41 Å². The average Bonchev–Trinajstić information content (AvgIpc) is 2.77. The van der Waals surface area contributed by atoms with E-state index in [0.717, 1.165) is 12.3 Å². The fourth-order valence-electron chi connectivity index (χ4n) is 3.02. The van der Waals surface area contributed by atoms with E-state index in [9.17, 15) is 18.4 Å². The lowest BCUT2D eigenvalue weighted by Gasteiger charge is -2.19. The molecule has 2 aromatic rings. The molecule has 2 aromatic carbocycles. The predicted molar refractivity (Wildman–Crippen MR) is 127 cm³/mol. The summed E-state index contributed by atoms with van der Waals surface area (Å²) < 4.78 is 33.3. The highest BCUT2D eigenvalue weighted by molar-refractivity contribution is 6.43. The van der Waals surface area contributed by atoms with Crippen molar-refractivity contribution in [2.75, 3.05) is 18.5 Å². The molecule has 0 aromatic heterocycles. The Labute approximate surface area is 205 Å².